The normalized spacial score (nSPS) is 33.7. The molecule has 1 saturated heterocycles. The van der Waals surface area contributed by atoms with E-state index in [2.05, 4.69) is 5.32 Å². The smallest absolute Gasteiger partial charge is 0.408 e. The summed E-state index contributed by atoms with van der Waals surface area (Å²) in [5.41, 5.74) is -8.27. The van der Waals surface area contributed by atoms with E-state index in [-0.39, 0.29) is 29.7 Å². The van der Waals surface area contributed by atoms with Crippen molar-refractivity contribution in [2.45, 2.75) is 128 Å². The number of aliphatic hydroxyl groups excluding tert-OH is 2. The Bertz CT molecular complexity index is 1980. The number of ether oxygens (including phenoxy) is 5. The van der Waals surface area contributed by atoms with Crippen LogP contribution in [0.2, 0.25) is 0 Å². The van der Waals surface area contributed by atoms with E-state index >= 15 is 4.79 Å². The van der Waals surface area contributed by atoms with Crippen LogP contribution >= 0.6 is 0 Å². The summed E-state index contributed by atoms with van der Waals surface area (Å²) in [5, 5.41) is 51.8. The number of carbonyl (C=O) groups is 5. The number of nitrogens with one attached hydrogen (secondary N) is 1. The van der Waals surface area contributed by atoms with Crippen LogP contribution in [-0.4, -0.2) is 110 Å². The minimum Gasteiger partial charge on any atom is -0.456 e. The summed E-state index contributed by atoms with van der Waals surface area (Å²) >= 11 is 0. The Morgan fingerprint density at radius 3 is 2.09 bits per heavy atom. The number of ketones is 1. The van der Waals surface area contributed by atoms with Gasteiger partial charge in [-0.3, -0.25) is 9.59 Å². The van der Waals surface area contributed by atoms with E-state index in [0.717, 1.165) is 6.92 Å². The van der Waals surface area contributed by atoms with Gasteiger partial charge in [-0.2, -0.15) is 0 Å². The zero-order valence-electron chi connectivity index (χ0n) is 33.9. The van der Waals surface area contributed by atoms with Gasteiger partial charge < -0.3 is 49.4 Å². The maximum Gasteiger partial charge on any atom is 0.408 e. The Balaban J connectivity index is 1.50. The molecule has 4 aliphatic rings. The molecule has 6 rings (SSSR count). The summed E-state index contributed by atoms with van der Waals surface area (Å²) in [5.74, 6) is -5.45. The summed E-state index contributed by atoms with van der Waals surface area (Å²) in [6.07, 6.45) is -11.3. The average Bonchev–Trinajstić information content (AvgIpc) is 3.15. The van der Waals surface area contributed by atoms with Crippen LogP contribution in [0.4, 0.5) is 4.79 Å². The van der Waals surface area contributed by atoms with Crippen LogP contribution in [-0.2, 0) is 38.1 Å². The van der Waals surface area contributed by atoms with Crippen LogP contribution in [0.5, 0.6) is 0 Å². The monoisotopic (exact) mass is 807 g/mol. The topological polar surface area (TPSA) is 224 Å². The molecule has 2 bridgehead atoms. The van der Waals surface area contributed by atoms with E-state index in [1.54, 1.807) is 83.1 Å². The van der Waals surface area contributed by atoms with Crippen molar-refractivity contribution in [1.29, 1.82) is 0 Å². The quantitative estimate of drug-likeness (QED) is 0.147. The second kappa shape index (κ2) is 15.2. The average molecular weight is 808 g/mol. The van der Waals surface area contributed by atoms with E-state index in [1.807, 2.05) is 0 Å². The fourth-order valence-corrected chi connectivity index (χ4v) is 9.41. The predicted octanol–water partition coefficient (Wildman–Crippen LogP) is 3.26. The van der Waals surface area contributed by atoms with Crippen molar-refractivity contribution >= 4 is 29.8 Å². The molecule has 5 N–H and O–H groups in total. The van der Waals surface area contributed by atoms with Gasteiger partial charge >= 0.3 is 24.0 Å². The molecule has 11 atom stereocenters. The summed E-state index contributed by atoms with van der Waals surface area (Å²) in [6, 6.07) is 14.6. The highest BCUT2D eigenvalue weighted by molar-refractivity contribution is 5.95. The molecule has 0 radical (unpaired) electrons. The van der Waals surface area contributed by atoms with Crippen LogP contribution in [0.3, 0.4) is 0 Å². The highest BCUT2D eigenvalue weighted by Crippen LogP contribution is 2.63. The van der Waals surface area contributed by atoms with Gasteiger partial charge in [-0.25, -0.2) is 14.4 Å². The first-order chi connectivity index (χ1) is 27.0. The number of carbonyl (C=O) groups excluding carboxylic acids is 5. The first kappa shape index (κ1) is 42.9. The van der Waals surface area contributed by atoms with Crippen molar-refractivity contribution in [3.63, 3.8) is 0 Å². The molecule has 1 aliphatic heterocycles. The fourth-order valence-electron chi connectivity index (χ4n) is 9.41. The number of benzene rings is 2. The standard InChI is InChI=1S/C43H53NO14/c1-22-26(56-37(50)31(47)30(24-15-11-9-12-16-24)44-38(51)58-39(3,4)5)20-43(53)35(57-36(49)25-17-13-10-14-18-25)33-41(8,27(46)19-28-42(33,52)21-54-28)34(48)32(55-23(2)45)29(22)40(43,6)7/h9-18,26-28,30-33,35,46-47,52-53H,19-21H2,1-8H3,(H,44,51)/t26-,27-,28+,30-,31+,32+,33-,35-,41+,42-,43+/m0/s1. The Kier molecular flexibility index (Phi) is 11.2. The second-order valence-electron chi connectivity index (χ2n) is 17.6. The lowest BCUT2D eigenvalue weighted by atomic mass is 9.44. The first-order valence-corrected chi connectivity index (χ1v) is 19.3. The third-order valence-corrected chi connectivity index (χ3v) is 12.5. The Morgan fingerprint density at radius 2 is 1.53 bits per heavy atom. The molecule has 3 fully saturated rings. The summed E-state index contributed by atoms with van der Waals surface area (Å²) < 4.78 is 29.1. The Labute approximate surface area is 336 Å². The van der Waals surface area contributed by atoms with Gasteiger partial charge in [0.1, 0.15) is 29.0 Å². The van der Waals surface area contributed by atoms with Crippen LogP contribution in [0.15, 0.2) is 71.8 Å². The molecule has 0 aromatic heterocycles. The maximum absolute atomic E-state index is 15.2. The van der Waals surface area contributed by atoms with E-state index in [4.69, 9.17) is 23.7 Å². The molecule has 2 aromatic rings. The predicted molar refractivity (Wildman–Crippen MR) is 204 cm³/mol. The maximum atomic E-state index is 15.2. The molecule has 0 unspecified atom stereocenters. The number of aliphatic hydroxyl groups is 4. The van der Waals surface area contributed by atoms with Gasteiger partial charge in [-0.1, -0.05) is 62.4 Å². The Morgan fingerprint density at radius 1 is 0.931 bits per heavy atom. The summed E-state index contributed by atoms with van der Waals surface area (Å²) in [7, 11) is 0. The lowest BCUT2D eigenvalue weighted by molar-refractivity contribution is -0.343. The van der Waals surface area contributed by atoms with Gasteiger partial charge in [-0.15, -0.1) is 0 Å². The van der Waals surface area contributed by atoms with Crippen molar-refractivity contribution in [2.24, 2.45) is 16.7 Å². The van der Waals surface area contributed by atoms with E-state index < -0.39 is 112 Å². The number of Topliss-reactive ketones (excluding diaryl/α,β-unsaturated/α-hetero) is 1. The molecule has 2 aromatic carbocycles. The number of esters is 3. The molecule has 0 spiro atoms. The third-order valence-electron chi connectivity index (χ3n) is 12.5. The van der Waals surface area contributed by atoms with Crippen LogP contribution in [0.25, 0.3) is 0 Å². The molecule has 1 amide bonds. The highest BCUT2D eigenvalue weighted by Gasteiger charge is 2.76. The Hall–Kier alpha value is -4.67. The number of alkyl carbamates (subject to hydrolysis) is 1. The third kappa shape index (κ3) is 7.21. The largest absolute Gasteiger partial charge is 0.456 e. The molecule has 3 aliphatic carbocycles. The molecular weight excluding hydrogens is 754 g/mol. The molecule has 2 saturated carbocycles. The summed E-state index contributed by atoms with van der Waals surface area (Å²) in [4.78, 5) is 69.2. The van der Waals surface area contributed by atoms with Crippen molar-refractivity contribution in [1.82, 2.24) is 5.32 Å². The molecule has 1 heterocycles. The number of rotatable bonds is 8. The van der Waals surface area contributed by atoms with Crippen molar-refractivity contribution in [3.8, 4) is 0 Å². The van der Waals surface area contributed by atoms with Gasteiger partial charge in [0.25, 0.3) is 0 Å². The van der Waals surface area contributed by atoms with Crippen molar-refractivity contribution in [2.75, 3.05) is 6.61 Å². The minimum absolute atomic E-state index is 0.00633. The van der Waals surface area contributed by atoms with Gasteiger partial charge in [0, 0.05) is 31.1 Å². The number of fused-ring (bicyclic) bond motifs is 5. The van der Waals surface area contributed by atoms with E-state index in [9.17, 15) is 39.6 Å². The van der Waals surface area contributed by atoms with Gasteiger partial charge in [0.05, 0.1) is 35.8 Å². The first-order valence-electron chi connectivity index (χ1n) is 19.3. The second-order valence-corrected chi connectivity index (χ2v) is 17.6. The number of amides is 1. The van der Waals surface area contributed by atoms with Crippen LogP contribution < -0.4 is 5.32 Å². The number of hydrogen-bond donors (Lipinski definition) is 5. The van der Waals surface area contributed by atoms with Crippen molar-refractivity contribution in [3.05, 3.63) is 82.9 Å². The zero-order chi connectivity index (χ0) is 42.7. The zero-order valence-corrected chi connectivity index (χ0v) is 33.9. The molecule has 314 valence electrons. The van der Waals surface area contributed by atoms with Gasteiger partial charge in [0.15, 0.2) is 18.0 Å². The van der Waals surface area contributed by atoms with Crippen LogP contribution in [0.1, 0.15) is 90.2 Å². The minimum atomic E-state index is -2.35. The van der Waals surface area contributed by atoms with Crippen LogP contribution in [0, 0.1) is 16.7 Å². The molecule has 15 nitrogen and oxygen atoms in total. The molecular formula is C43H53NO14. The lowest BCUT2D eigenvalue weighted by Gasteiger charge is -2.66. The van der Waals surface area contributed by atoms with Gasteiger partial charge in [-0.05, 0) is 63.5 Å². The van der Waals surface area contributed by atoms with E-state index in [1.165, 1.54) is 26.0 Å². The fraction of sp³-hybridized carbons (Fsp3) is 0.558. The lowest BCUT2D eigenvalue weighted by Crippen LogP contribution is -2.81. The van der Waals surface area contributed by atoms with Gasteiger partial charge in [0.2, 0.25) is 0 Å². The highest BCUT2D eigenvalue weighted by atomic mass is 16.6. The summed E-state index contributed by atoms with van der Waals surface area (Å²) in [6.45, 7) is 11.7. The van der Waals surface area contributed by atoms with E-state index in [0.29, 0.717) is 5.56 Å². The SMILES string of the molecule is CC(=O)O[C@H]1C(=O)[C@@]2(C)[C@H]([C@H](OC(=O)c3ccccc3)[C@]3(O)C[C@H](OC(=O)[C@H](O)[C@@H](NC(=O)OC(C)(C)C)c4ccccc4)C(C)=C1C3(C)C)[C@]1(O)CO[C@@H]1C[C@@H]2O. The molecule has 15 heteroatoms. The molecule has 58 heavy (non-hydrogen) atoms. The van der Waals surface area contributed by atoms with Crippen molar-refractivity contribution < 1.29 is 68.1 Å². The number of hydrogen-bond acceptors (Lipinski definition) is 14.